The zero-order valence-corrected chi connectivity index (χ0v) is 17.7. The minimum absolute atomic E-state index is 0.0000139. The molecule has 0 heterocycles. The van der Waals surface area contributed by atoms with Crippen molar-refractivity contribution in [3.05, 3.63) is 64.2 Å². The summed E-state index contributed by atoms with van der Waals surface area (Å²) >= 11 is 5.95. The summed E-state index contributed by atoms with van der Waals surface area (Å²) in [4.78, 5) is 25.0. The summed E-state index contributed by atoms with van der Waals surface area (Å²) in [5, 5.41) is 0.528. The Labute approximate surface area is 176 Å². The maximum atomic E-state index is 12.6. The van der Waals surface area contributed by atoms with E-state index < -0.39 is 11.9 Å². The van der Waals surface area contributed by atoms with E-state index in [1.165, 1.54) is 13.5 Å². The molecule has 29 heavy (non-hydrogen) atoms. The summed E-state index contributed by atoms with van der Waals surface area (Å²) in [5.74, 6) is -0.587. The van der Waals surface area contributed by atoms with E-state index in [0.717, 1.165) is 25.7 Å². The zero-order valence-electron chi connectivity index (χ0n) is 16.9. The number of esters is 2. The molecule has 0 bridgehead atoms. The lowest BCUT2D eigenvalue weighted by atomic mass is 10.1. The molecule has 0 aromatic heterocycles. The van der Waals surface area contributed by atoms with Crippen molar-refractivity contribution in [2.45, 2.75) is 45.6 Å². The molecule has 6 heteroatoms. The average Bonchev–Trinajstić information content (AvgIpc) is 2.74. The quantitative estimate of drug-likeness (QED) is 0.339. The van der Waals surface area contributed by atoms with Crippen molar-refractivity contribution >= 4 is 23.5 Å². The Balaban J connectivity index is 1.96. The third kappa shape index (κ3) is 7.09. The van der Waals surface area contributed by atoms with E-state index in [0.29, 0.717) is 22.9 Å². The van der Waals surface area contributed by atoms with Gasteiger partial charge in [0.1, 0.15) is 12.4 Å². The van der Waals surface area contributed by atoms with E-state index >= 15 is 0 Å². The number of carbonyl (C=O) groups excluding carboxylic acids is 2. The Hall–Kier alpha value is -2.53. The monoisotopic (exact) mass is 418 g/mol. The molecule has 2 aromatic rings. The Morgan fingerprint density at radius 1 is 0.897 bits per heavy atom. The van der Waals surface area contributed by atoms with Crippen LogP contribution in [0.1, 0.15) is 65.3 Å². The summed E-state index contributed by atoms with van der Waals surface area (Å²) in [6.07, 6.45) is 5.31. The summed E-state index contributed by atoms with van der Waals surface area (Å²) in [5.41, 5.74) is 1.06. The standard InChI is InChI=1S/C23H27ClO5/c1-3-4-5-6-9-14-28-22(25)19-10-7-8-11-20(19)23(26)29-16-17-12-13-18(24)15-21(17)27-2/h7-8,10-13,15H,3-6,9,14,16H2,1-2H3. The third-order valence-electron chi connectivity index (χ3n) is 4.46. The summed E-state index contributed by atoms with van der Waals surface area (Å²) in [6, 6.07) is 11.6. The van der Waals surface area contributed by atoms with Gasteiger partial charge >= 0.3 is 11.9 Å². The van der Waals surface area contributed by atoms with Gasteiger partial charge in [-0.05, 0) is 30.7 Å². The van der Waals surface area contributed by atoms with Crippen molar-refractivity contribution in [1.29, 1.82) is 0 Å². The smallest absolute Gasteiger partial charge is 0.339 e. The number of benzene rings is 2. The molecule has 0 unspecified atom stereocenters. The predicted octanol–water partition coefficient (Wildman–Crippen LogP) is 5.83. The van der Waals surface area contributed by atoms with E-state index in [-0.39, 0.29) is 17.7 Å². The second-order valence-electron chi connectivity index (χ2n) is 6.63. The first kappa shape index (κ1) is 22.8. The molecule has 2 rings (SSSR count). The number of methoxy groups -OCH3 is 1. The van der Waals surface area contributed by atoms with Crippen molar-refractivity contribution < 1.29 is 23.8 Å². The van der Waals surface area contributed by atoms with Crippen LogP contribution in [-0.2, 0) is 16.1 Å². The molecule has 0 aliphatic rings. The van der Waals surface area contributed by atoms with Crippen molar-refractivity contribution in [1.82, 2.24) is 0 Å². The van der Waals surface area contributed by atoms with Gasteiger partial charge in [-0.3, -0.25) is 0 Å². The van der Waals surface area contributed by atoms with E-state index in [1.807, 2.05) is 0 Å². The molecule has 156 valence electrons. The Morgan fingerprint density at radius 2 is 1.55 bits per heavy atom. The number of unbranched alkanes of at least 4 members (excludes halogenated alkanes) is 4. The van der Waals surface area contributed by atoms with Gasteiger partial charge in [0.15, 0.2) is 0 Å². The first-order valence-electron chi connectivity index (χ1n) is 9.82. The van der Waals surface area contributed by atoms with Gasteiger partial charge in [0.05, 0.1) is 24.8 Å². The first-order valence-corrected chi connectivity index (χ1v) is 10.2. The maximum absolute atomic E-state index is 12.6. The van der Waals surface area contributed by atoms with Crippen LogP contribution in [0.15, 0.2) is 42.5 Å². The van der Waals surface area contributed by atoms with Crippen LogP contribution in [0.25, 0.3) is 0 Å². The number of ether oxygens (including phenoxy) is 3. The molecular weight excluding hydrogens is 392 g/mol. The molecule has 0 aliphatic carbocycles. The van der Waals surface area contributed by atoms with Gasteiger partial charge in [0, 0.05) is 10.6 Å². The summed E-state index contributed by atoms with van der Waals surface area (Å²) in [6.45, 7) is 2.49. The highest BCUT2D eigenvalue weighted by atomic mass is 35.5. The Bertz CT molecular complexity index is 819. The van der Waals surface area contributed by atoms with Crippen LogP contribution in [0.3, 0.4) is 0 Å². The van der Waals surface area contributed by atoms with E-state index in [9.17, 15) is 9.59 Å². The highest BCUT2D eigenvalue weighted by Crippen LogP contribution is 2.24. The molecule has 5 nitrogen and oxygen atoms in total. The summed E-state index contributed by atoms with van der Waals surface area (Å²) < 4.78 is 16.0. The van der Waals surface area contributed by atoms with Crippen LogP contribution >= 0.6 is 11.6 Å². The highest BCUT2D eigenvalue weighted by Gasteiger charge is 2.19. The fraction of sp³-hybridized carbons (Fsp3) is 0.391. The topological polar surface area (TPSA) is 61.8 Å². The SMILES string of the molecule is CCCCCCCOC(=O)c1ccccc1C(=O)OCc1ccc(Cl)cc1OC. The van der Waals surface area contributed by atoms with Crippen molar-refractivity contribution in [3.63, 3.8) is 0 Å². The predicted molar refractivity (Wildman–Crippen MR) is 113 cm³/mol. The van der Waals surface area contributed by atoms with Crippen LogP contribution in [0, 0.1) is 0 Å². The zero-order chi connectivity index (χ0) is 21.1. The number of rotatable bonds is 11. The molecule has 0 aliphatic heterocycles. The number of hydrogen-bond acceptors (Lipinski definition) is 5. The highest BCUT2D eigenvalue weighted by molar-refractivity contribution is 6.30. The van der Waals surface area contributed by atoms with Crippen LogP contribution < -0.4 is 4.74 Å². The number of halogens is 1. The second kappa shape index (κ2) is 12.1. The van der Waals surface area contributed by atoms with Crippen LogP contribution in [0.5, 0.6) is 5.75 Å². The summed E-state index contributed by atoms with van der Waals surface area (Å²) in [7, 11) is 1.52. The lowest BCUT2D eigenvalue weighted by molar-refractivity contribution is 0.0434. The van der Waals surface area contributed by atoms with Crippen molar-refractivity contribution in [2.24, 2.45) is 0 Å². The second-order valence-corrected chi connectivity index (χ2v) is 7.06. The Kier molecular flexibility index (Phi) is 9.51. The van der Waals surface area contributed by atoms with Gasteiger partial charge in [0.2, 0.25) is 0 Å². The molecule has 0 N–H and O–H groups in total. The first-order chi connectivity index (χ1) is 14.1. The minimum Gasteiger partial charge on any atom is -0.496 e. The van der Waals surface area contributed by atoms with Gasteiger partial charge in [-0.1, -0.05) is 62.4 Å². The van der Waals surface area contributed by atoms with Gasteiger partial charge in [-0.2, -0.15) is 0 Å². The fourth-order valence-electron chi connectivity index (χ4n) is 2.85. The van der Waals surface area contributed by atoms with Gasteiger partial charge in [0.25, 0.3) is 0 Å². The van der Waals surface area contributed by atoms with Crippen molar-refractivity contribution in [3.8, 4) is 5.75 Å². The van der Waals surface area contributed by atoms with Crippen LogP contribution in [0.2, 0.25) is 5.02 Å². The largest absolute Gasteiger partial charge is 0.496 e. The molecule has 0 saturated carbocycles. The molecule has 0 saturated heterocycles. The fourth-order valence-corrected chi connectivity index (χ4v) is 3.01. The normalized spacial score (nSPS) is 10.4. The Morgan fingerprint density at radius 3 is 2.21 bits per heavy atom. The van der Waals surface area contributed by atoms with E-state index in [1.54, 1.807) is 42.5 Å². The van der Waals surface area contributed by atoms with Crippen LogP contribution in [-0.4, -0.2) is 25.7 Å². The average molecular weight is 419 g/mol. The van der Waals surface area contributed by atoms with Gasteiger partial charge < -0.3 is 14.2 Å². The number of carbonyl (C=O) groups is 2. The maximum Gasteiger partial charge on any atom is 0.339 e. The molecule has 0 amide bonds. The molecular formula is C23H27ClO5. The lowest BCUT2D eigenvalue weighted by Crippen LogP contribution is -2.14. The minimum atomic E-state index is -0.600. The van der Waals surface area contributed by atoms with Gasteiger partial charge in [-0.25, -0.2) is 9.59 Å². The molecule has 0 spiro atoms. The van der Waals surface area contributed by atoms with Crippen LogP contribution in [0.4, 0.5) is 0 Å². The number of hydrogen-bond donors (Lipinski definition) is 0. The molecule has 0 fully saturated rings. The van der Waals surface area contributed by atoms with E-state index in [2.05, 4.69) is 6.92 Å². The van der Waals surface area contributed by atoms with Crippen molar-refractivity contribution in [2.75, 3.05) is 13.7 Å². The molecule has 2 aromatic carbocycles. The lowest BCUT2D eigenvalue weighted by Gasteiger charge is -2.12. The molecule has 0 radical (unpaired) electrons. The molecule has 0 atom stereocenters. The third-order valence-corrected chi connectivity index (χ3v) is 4.69. The van der Waals surface area contributed by atoms with Gasteiger partial charge in [-0.15, -0.1) is 0 Å². The van der Waals surface area contributed by atoms with E-state index in [4.69, 9.17) is 25.8 Å².